The molecule has 0 spiro atoms. The molecule has 1 aliphatic heterocycles. The van der Waals surface area contributed by atoms with Crippen molar-refractivity contribution in [1.29, 1.82) is 0 Å². The quantitative estimate of drug-likeness (QED) is 0.688. The van der Waals surface area contributed by atoms with Crippen molar-refractivity contribution >= 4 is 17.5 Å². The van der Waals surface area contributed by atoms with Crippen LogP contribution in [0.25, 0.3) is 0 Å². The zero-order valence-corrected chi connectivity index (χ0v) is 17.2. The number of rotatable bonds is 6. The minimum Gasteiger partial charge on any atom is -0.336 e. The smallest absolute Gasteiger partial charge is 0.242 e. The molecule has 2 aromatic carbocycles. The monoisotopic (exact) mass is 402 g/mol. The van der Waals surface area contributed by atoms with Gasteiger partial charge in [0.15, 0.2) is 0 Å². The molecule has 2 heterocycles. The summed E-state index contributed by atoms with van der Waals surface area (Å²) in [5.41, 5.74) is 5.49. The normalized spacial score (nSPS) is 13.0. The molecule has 0 aliphatic carbocycles. The molecular weight excluding hydrogens is 376 g/mol. The average Bonchev–Trinajstić information content (AvgIpc) is 3.26. The molecule has 3 aromatic rings. The molecule has 0 bridgehead atoms. The van der Waals surface area contributed by atoms with Gasteiger partial charge in [-0.15, -0.1) is 0 Å². The van der Waals surface area contributed by atoms with E-state index in [1.54, 1.807) is 23.3 Å². The second-order valence-electron chi connectivity index (χ2n) is 7.82. The van der Waals surface area contributed by atoms with Crippen LogP contribution in [0.4, 0.5) is 5.69 Å². The topological polar surface area (TPSA) is 67.2 Å². The highest BCUT2D eigenvalue weighted by Gasteiger charge is 2.21. The van der Waals surface area contributed by atoms with E-state index < -0.39 is 0 Å². The number of fused-ring (bicyclic) bond motifs is 1. The Labute approximate surface area is 176 Å². The lowest BCUT2D eigenvalue weighted by Gasteiger charge is -2.29. The summed E-state index contributed by atoms with van der Waals surface area (Å²) in [6.07, 6.45) is 7.10. The Balaban J connectivity index is 1.34. The van der Waals surface area contributed by atoms with Crippen LogP contribution in [0.3, 0.4) is 0 Å². The molecule has 0 saturated heterocycles. The number of hydrogen-bond acceptors (Lipinski definition) is 3. The molecule has 1 N–H and O–H groups in total. The number of nitrogens with zero attached hydrogens (tertiary/aromatic N) is 3. The number of nitrogens with one attached hydrogen (secondary N) is 1. The second kappa shape index (κ2) is 8.95. The Kier molecular flexibility index (Phi) is 5.93. The van der Waals surface area contributed by atoms with Crippen LogP contribution in [0, 0.1) is 6.92 Å². The molecule has 0 saturated carbocycles. The predicted molar refractivity (Wildman–Crippen MR) is 116 cm³/mol. The lowest BCUT2D eigenvalue weighted by molar-refractivity contribution is -0.132. The fourth-order valence-electron chi connectivity index (χ4n) is 3.72. The first-order valence-electron chi connectivity index (χ1n) is 10.3. The summed E-state index contributed by atoms with van der Waals surface area (Å²) in [6, 6.07) is 14.3. The number of hydrogen-bond donors (Lipinski definition) is 1. The van der Waals surface area contributed by atoms with Crippen molar-refractivity contribution in [1.82, 2.24) is 14.5 Å². The van der Waals surface area contributed by atoms with E-state index >= 15 is 0 Å². The summed E-state index contributed by atoms with van der Waals surface area (Å²) in [4.78, 5) is 30.8. The highest BCUT2D eigenvalue weighted by Crippen LogP contribution is 2.23. The number of benzene rings is 2. The zero-order valence-electron chi connectivity index (χ0n) is 17.2. The molecule has 154 valence electrons. The number of imidazole rings is 1. The van der Waals surface area contributed by atoms with Crippen LogP contribution < -0.4 is 5.32 Å². The van der Waals surface area contributed by atoms with Gasteiger partial charge in [0, 0.05) is 37.6 Å². The van der Waals surface area contributed by atoms with Gasteiger partial charge in [-0.25, -0.2) is 4.98 Å². The van der Waals surface area contributed by atoms with Gasteiger partial charge in [-0.2, -0.15) is 0 Å². The lowest BCUT2D eigenvalue weighted by Crippen LogP contribution is -2.37. The van der Waals surface area contributed by atoms with Crippen molar-refractivity contribution in [3.8, 4) is 0 Å². The van der Waals surface area contributed by atoms with E-state index in [1.807, 2.05) is 17.0 Å². The third-order valence-electron chi connectivity index (χ3n) is 5.49. The highest BCUT2D eigenvalue weighted by molar-refractivity contribution is 5.91. The maximum atomic E-state index is 12.6. The van der Waals surface area contributed by atoms with Gasteiger partial charge in [0.25, 0.3) is 0 Å². The maximum Gasteiger partial charge on any atom is 0.242 e. The number of carbonyl (C=O) groups excluding carboxylic acids is 2. The summed E-state index contributed by atoms with van der Waals surface area (Å²) < 4.78 is 1.78. The molecule has 6 nitrogen and oxygen atoms in total. The first kappa shape index (κ1) is 19.9. The van der Waals surface area contributed by atoms with Gasteiger partial charge in [0.1, 0.15) is 6.54 Å². The van der Waals surface area contributed by atoms with E-state index in [9.17, 15) is 9.59 Å². The number of aromatic nitrogens is 2. The number of aryl methyl sites for hydroxylation is 2. The second-order valence-corrected chi connectivity index (χ2v) is 7.82. The Morgan fingerprint density at radius 3 is 2.70 bits per heavy atom. The number of anilines is 1. The Hall–Kier alpha value is -3.41. The van der Waals surface area contributed by atoms with Crippen LogP contribution in [0.2, 0.25) is 0 Å². The molecule has 0 atom stereocenters. The molecule has 4 rings (SSSR count). The Bertz CT molecular complexity index is 1030. The van der Waals surface area contributed by atoms with Crippen molar-refractivity contribution in [3.05, 3.63) is 83.4 Å². The van der Waals surface area contributed by atoms with Crippen molar-refractivity contribution in [2.24, 2.45) is 0 Å². The van der Waals surface area contributed by atoms with Gasteiger partial charge in [0.2, 0.25) is 11.8 Å². The largest absolute Gasteiger partial charge is 0.336 e. The van der Waals surface area contributed by atoms with Gasteiger partial charge < -0.3 is 14.8 Å². The van der Waals surface area contributed by atoms with Gasteiger partial charge in [-0.3, -0.25) is 9.59 Å². The Morgan fingerprint density at radius 2 is 1.93 bits per heavy atom. The van der Waals surface area contributed by atoms with Gasteiger partial charge in [0.05, 0.1) is 6.33 Å². The predicted octanol–water partition coefficient (Wildman–Crippen LogP) is 3.35. The van der Waals surface area contributed by atoms with Crippen molar-refractivity contribution in [2.45, 2.75) is 39.3 Å². The fourth-order valence-corrected chi connectivity index (χ4v) is 3.72. The van der Waals surface area contributed by atoms with Crippen LogP contribution in [0.15, 0.2) is 61.2 Å². The molecule has 0 unspecified atom stereocenters. The molecule has 1 aromatic heterocycles. The third-order valence-corrected chi connectivity index (χ3v) is 5.49. The van der Waals surface area contributed by atoms with E-state index in [1.165, 1.54) is 11.1 Å². The van der Waals surface area contributed by atoms with E-state index in [0.717, 1.165) is 23.2 Å². The standard InChI is InChI=1S/C24H26N4O2/c1-18-2-4-19(5-3-18)6-9-23(29)26-22-8-7-20-10-12-28(15-21(20)14-22)24(30)16-27-13-11-25-17-27/h2-5,7-8,11,13-14,17H,6,9-10,12,15-16H2,1H3,(H,26,29). The van der Waals surface area contributed by atoms with E-state index in [-0.39, 0.29) is 11.8 Å². The Morgan fingerprint density at radius 1 is 1.10 bits per heavy atom. The van der Waals surface area contributed by atoms with Crippen molar-refractivity contribution < 1.29 is 9.59 Å². The first-order chi connectivity index (χ1) is 14.6. The highest BCUT2D eigenvalue weighted by atomic mass is 16.2. The summed E-state index contributed by atoms with van der Waals surface area (Å²) in [7, 11) is 0. The lowest BCUT2D eigenvalue weighted by atomic mass is 9.99. The minimum absolute atomic E-state index is 0.000579. The molecule has 6 heteroatoms. The fraction of sp³-hybridized carbons (Fsp3) is 0.292. The van der Waals surface area contributed by atoms with Crippen LogP contribution in [-0.2, 0) is 35.5 Å². The van der Waals surface area contributed by atoms with Crippen LogP contribution >= 0.6 is 0 Å². The molecule has 1 aliphatic rings. The van der Waals surface area contributed by atoms with Gasteiger partial charge >= 0.3 is 0 Å². The van der Waals surface area contributed by atoms with E-state index in [2.05, 4.69) is 47.6 Å². The zero-order chi connectivity index (χ0) is 20.9. The summed E-state index contributed by atoms with van der Waals surface area (Å²) >= 11 is 0. The number of carbonyl (C=O) groups is 2. The van der Waals surface area contributed by atoms with Gasteiger partial charge in [-0.05, 0) is 48.6 Å². The van der Waals surface area contributed by atoms with E-state index in [0.29, 0.717) is 32.5 Å². The van der Waals surface area contributed by atoms with Gasteiger partial charge in [-0.1, -0.05) is 35.9 Å². The molecule has 2 amide bonds. The third kappa shape index (κ3) is 4.95. The van der Waals surface area contributed by atoms with E-state index in [4.69, 9.17) is 0 Å². The minimum atomic E-state index is -0.000579. The van der Waals surface area contributed by atoms with Crippen molar-refractivity contribution in [2.75, 3.05) is 11.9 Å². The SMILES string of the molecule is Cc1ccc(CCC(=O)Nc2ccc3c(c2)CN(C(=O)Cn2ccnc2)CC3)cc1. The van der Waals surface area contributed by atoms with Crippen LogP contribution in [0.1, 0.15) is 28.7 Å². The molecule has 30 heavy (non-hydrogen) atoms. The summed E-state index contributed by atoms with van der Waals surface area (Å²) in [5, 5.41) is 3.00. The number of amides is 2. The summed E-state index contributed by atoms with van der Waals surface area (Å²) in [6.45, 7) is 3.63. The summed E-state index contributed by atoms with van der Waals surface area (Å²) in [5.74, 6) is 0.0746. The molecular formula is C24H26N4O2. The van der Waals surface area contributed by atoms with Crippen LogP contribution in [0.5, 0.6) is 0 Å². The molecule has 0 radical (unpaired) electrons. The van der Waals surface area contributed by atoms with Crippen molar-refractivity contribution in [3.63, 3.8) is 0 Å². The maximum absolute atomic E-state index is 12.6. The average molecular weight is 402 g/mol. The molecule has 0 fully saturated rings. The van der Waals surface area contributed by atoms with Crippen LogP contribution in [-0.4, -0.2) is 32.8 Å². The first-order valence-corrected chi connectivity index (χ1v) is 10.3.